The Bertz CT molecular complexity index is 781. The van der Waals surface area contributed by atoms with Crippen LogP contribution < -0.4 is 9.47 Å². The summed E-state index contributed by atoms with van der Waals surface area (Å²) in [5.41, 5.74) is 0.647. The van der Waals surface area contributed by atoms with Gasteiger partial charge in [-0.05, 0) is 31.0 Å². The Hall–Kier alpha value is -2.54. The molecule has 2 aromatic rings. The first-order valence-corrected chi connectivity index (χ1v) is 8.95. The topological polar surface area (TPSA) is 65.8 Å². The average Bonchev–Trinajstić information content (AvgIpc) is 3.34. The number of ether oxygens (including phenoxy) is 3. The number of rotatable bonds is 5. The Labute approximate surface area is 152 Å². The van der Waals surface area contributed by atoms with Gasteiger partial charge < -0.3 is 23.7 Å². The zero-order chi connectivity index (χ0) is 17.9. The van der Waals surface area contributed by atoms with E-state index in [4.69, 9.17) is 14.2 Å². The van der Waals surface area contributed by atoms with E-state index in [1.165, 1.54) is 0 Å². The Kier molecular flexibility index (Phi) is 4.79. The van der Waals surface area contributed by atoms with Crippen LogP contribution in [-0.4, -0.2) is 54.0 Å². The maximum Gasteiger partial charge on any atom is 0.253 e. The van der Waals surface area contributed by atoms with Gasteiger partial charge in [0.1, 0.15) is 5.82 Å². The Morgan fingerprint density at radius 2 is 2.08 bits per heavy atom. The number of nitrogens with zero attached hydrogens (tertiary/aromatic N) is 3. The van der Waals surface area contributed by atoms with Gasteiger partial charge in [0, 0.05) is 50.6 Å². The van der Waals surface area contributed by atoms with Crippen LogP contribution in [0.5, 0.6) is 11.5 Å². The molecule has 0 aliphatic carbocycles. The number of likely N-dealkylation sites (tertiary alicyclic amines) is 1. The maximum atomic E-state index is 12.8. The first kappa shape index (κ1) is 16.9. The number of methoxy groups -OCH3 is 1. The molecular weight excluding hydrogens is 334 g/mol. The molecule has 1 aromatic carbocycles. The Balaban J connectivity index is 1.39. The first-order chi connectivity index (χ1) is 12.8. The summed E-state index contributed by atoms with van der Waals surface area (Å²) >= 11 is 0. The molecule has 0 unspecified atom stereocenters. The summed E-state index contributed by atoms with van der Waals surface area (Å²) in [5, 5.41) is 0. The van der Waals surface area contributed by atoms with Crippen molar-refractivity contribution in [3.8, 4) is 11.5 Å². The van der Waals surface area contributed by atoms with Gasteiger partial charge >= 0.3 is 0 Å². The minimum Gasteiger partial charge on any atom is -0.454 e. The molecule has 4 rings (SSSR count). The van der Waals surface area contributed by atoms with Gasteiger partial charge in [-0.3, -0.25) is 4.79 Å². The van der Waals surface area contributed by atoms with Crippen LogP contribution in [0.4, 0.5) is 0 Å². The van der Waals surface area contributed by atoms with Crippen molar-refractivity contribution in [3.05, 3.63) is 42.0 Å². The fourth-order valence-electron chi connectivity index (χ4n) is 3.61. The molecule has 7 heteroatoms. The molecule has 2 aliphatic rings. The number of fused-ring (bicyclic) bond motifs is 1. The Morgan fingerprint density at radius 1 is 1.27 bits per heavy atom. The SMILES string of the molecule is COCCn1ccnc1C1CCN(C(=O)c2ccc3c(c2)OCO3)CC1. The summed E-state index contributed by atoms with van der Waals surface area (Å²) in [6.07, 6.45) is 5.67. The summed E-state index contributed by atoms with van der Waals surface area (Å²) in [6.45, 7) is 3.16. The predicted octanol–water partition coefficient (Wildman–Crippen LogP) is 2.28. The molecule has 0 radical (unpaired) electrons. The molecule has 1 amide bonds. The van der Waals surface area contributed by atoms with Gasteiger partial charge in [-0.1, -0.05) is 0 Å². The van der Waals surface area contributed by atoms with Gasteiger partial charge in [0.2, 0.25) is 6.79 Å². The van der Waals surface area contributed by atoms with Crippen molar-refractivity contribution in [2.75, 3.05) is 33.6 Å². The number of imidazole rings is 1. The number of carbonyl (C=O) groups is 1. The van der Waals surface area contributed by atoms with Crippen molar-refractivity contribution in [1.82, 2.24) is 14.5 Å². The number of hydrogen-bond donors (Lipinski definition) is 0. The minimum absolute atomic E-state index is 0.0458. The number of aromatic nitrogens is 2. The fourth-order valence-corrected chi connectivity index (χ4v) is 3.61. The third-order valence-corrected chi connectivity index (χ3v) is 5.05. The molecule has 0 bridgehead atoms. The molecule has 0 saturated carbocycles. The van der Waals surface area contributed by atoms with Crippen LogP contribution in [0.3, 0.4) is 0 Å². The zero-order valence-electron chi connectivity index (χ0n) is 14.9. The van der Waals surface area contributed by atoms with Gasteiger partial charge in [-0.25, -0.2) is 4.98 Å². The molecule has 3 heterocycles. The quantitative estimate of drug-likeness (QED) is 0.821. The summed E-state index contributed by atoms with van der Waals surface area (Å²) in [6, 6.07) is 5.38. The largest absolute Gasteiger partial charge is 0.454 e. The fraction of sp³-hybridized carbons (Fsp3) is 0.474. The van der Waals surface area contributed by atoms with E-state index in [9.17, 15) is 4.79 Å². The number of carbonyl (C=O) groups excluding carboxylic acids is 1. The minimum atomic E-state index is 0.0458. The van der Waals surface area contributed by atoms with Crippen molar-refractivity contribution in [3.63, 3.8) is 0 Å². The van der Waals surface area contributed by atoms with Gasteiger partial charge in [-0.2, -0.15) is 0 Å². The molecule has 1 aromatic heterocycles. The normalized spacial score (nSPS) is 16.9. The summed E-state index contributed by atoms with van der Waals surface area (Å²) in [4.78, 5) is 19.2. The molecule has 1 fully saturated rings. The van der Waals surface area contributed by atoms with Crippen LogP contribution >= 0.6 is 0 Å². The van der Waals surface area contributed by atoms with E-state index in [1.807, 2.05) is 17.3 Å². The van der Waals surface area contributed by atoms with Crippen molar-refractivity contribution in [2.45, 2.75) is 25.3 Å². The molecule has 0 N–H and O–H groups in total. The molecular formula is C19H23N3O4. The van der Waals surface area contributed by atoms with Gasteiger partial charge in [0.25, 0.3) is 5.91 Å². The van der Waals surface area contributed by atoms with E-state index < -0.39 is 0 Å². The lowest BCUT2D eigenvalue weighted by Gasteiger charge is -2.32. The highest BCUT2D eigenvalue weighted by atomic mass is 16.7. The highest BCUT2D eigenvalue weighted by Crippen LogP contribution is 2.33. The molecule has 0 atom stereocenters. The molecule has 2 aliphatic heterocycles. The summed E-state index contributed by atoms with van der Waals surface area (Å²) in [5.74, 6) is 2.86. The van der Waals surface area contributed by atoms with Crippen molar-refractivity contribution in [2.24, 2.45) is 0 Å². The monoisotopic (exact) mass is 357 g/mol. The second-order valence-electron chi connectivity index (χ2n) is 6.61. The van der Waals surface area contributed by atoms with Crippen LogP contribution in [0, 0.1) is 0 Å². The third kappa shape index (κ3) is 3.26. The van der Waals surface area contributed by atoms with E-state index in [2.05, 4.69) is 9.55 Å². The number of hydrogen-bond acceptors (Lipinski definition) is 5. The standard InChI is InChI=1S/C19H23N3O4/c1-24-11-10-21-9-6-20-18(21)14-4-7-22(8-5-14)19(23)15-2-3-16-17(12-15)26-13-25-16/h2-3,6,9,12,14H,4-5,7-8,10-11,13H2,1H3. The smallest absolute Gasteiger partial charge is 0.253 e. The lowest BCUT2D eigenvalue weighted by atomic mass is 9.95. The maximum absolute atomic E-state index is 12.8. The van der Waals surface area contributed by atoms with Gasteiger partial charge in [0.15, 0.2) is 11.5 Å². The van der Waals surface area contributed by atoms with Crippen LogP contribution in [0.25, 0.3) is 0 Å². The van der Waals surface area contributed by atoms with Gasteiger partial charge in [-0.15, -0.1) is 0 Å². The first-order valence-electron chi connectivity index (χ1n) is 8.95. The van der Waals surface area contributed by atoms with E-state index >= 15 is 0 Å². The van der Waals surface area contributed by atoms with Crippen molar-refractivity contribution < 1.29 is 19.0 Å². The van der Waals surface area contributed by atoms with Crippen LogP contribution in [-0.2, 0) is 11.3 Å². The van der Waals surface area contributed by atoms with Crippen LogP contribution in [0.15, 0.2) is 30.6 Å². The van der Waals surface area contributed by atoms with Crippen LogP contribution in [0.2, 0.25) is 0 Å². The highest BCUT2D eigenvalue weighted by Gasteiger charge is 2.27. The molecule has 1 saturated heterocycles. The summed E-state index contributed by atoms with van der Waals surface area (Å²) < 4.78 is 18.0. The second-order valence-corrected chi connectivity index (χ2v) is 6.61. The lowest BCUT2D eigenvalue weighted by Crippen LogP contribution is -2.38. The lowest BCUT2D eigenvalue weighted by molar-refractivity contribution is 0.0709. The van der Waals surface area contributed by atoms with E-state index in [0.29, 0.717) is 29.6 Å². The summed E-state index contributed by atoms with van der Waals surface area (Å²) in [7, 11) is 1.71. The molecule has 26 heavy (non-hydrogen) atoms. The van der Waals surface area contributed by atoms with E-state index in [1.54, 1.807) is 25.3 Å². The number of benzene rings is 1. The molecule has 0 spiro atoms. The van der Waals surface area contributed by atoms with Crippen molar-refractivity contribution in [1.29, 1.82) is 0 Å². The van der Waals surface area contributed by atoms with Crippen molar-refractivity contribution >= 4 is 5.91 Å². The highest BCUT2D eigenvalue weighted by molar-refractivity contribution is 5.95. The Morgan fingerprint density at radius 3 is 2.88 bits per heavy atom. The van der Waals surface area contributed by atoms with Gasteiger partial charge in [0.05, 0.1) is 6.61 Å². The predicted molar refractivity (Wildman–Crippen MR) is 94.5 cm³/mol. The van der Waals surface area contributed by atoms with Crippen LogP contribution in [0.1, 0.15) is 34.9 Å². The third-order valence-electron chi connectivity index (χ3n) is 5.05. The zero-order valence-corrected chi connectivity index (χ0v) is 14.9. The number of amides is 1. The van der Waals surface area contributed by atoms with E-state index in [-0.39, 0.29) is 12.7 Å². The second kappa shape index (κ2) is 7.37. The average molecular weight is 357 g/mol. The molecule has 138 valence electrons. The molecule has 7 nitrogen and oxygen atoms in total. The van der Waals surface area contributed by atoms with E-state index in [0.717, 1.165) is 38.3 Å². The number of piperidine rings is 1.